The average Bonchev–Trinajstić information content (AvgIpc) is 2.64. The van der Waals surface area contributed by atoms with Crippen molar-refractivity contribution in [2.45, 2.75) is 19.5 Å². The van der Waals surface area contributed by atoms with Crippen LogP contribution in [0.2, 0.25) is 0 Å². The monoisotopic (exact) mass is 312 g/mol. The number of alkyl halides is 3. The highest BCUT2D eigenvalue weighted by Crippen LogP contribution is 2.42. The molecule has 0 aliphatic carbocycles. The van der Waals surface area contributed by atoms with Crippen LogP contribution < -0.4 is 15.8 Å². The van der Waals surface area contributed by atoms with Crippen molar-refractivity contribution in [1.29, 1.82) is 0 Å². The third kappa shape index (κ3) is 4.19. The topological polar surface area (TPSA) is 73.6 Å². The van der Waals surface area contributed by atoms with Gasteiger partial charge in [-0.2, -0.15) is 13.2 Å². The van der Waals surface area contributed by atoms with Crippen molar-refractivity contribution in [2.75, 3.05) is 31.3 Å². The predicted molar refractivity (Wildman–Crippen MR) is 70.4 cm³/mol. The summed E-state index contributed by atoms with van der Waals surface area (Å²) in [5, 5.41) is 2.84. The number of anilines is 2. The third-order valence-electron chi connectivity index (χ3n) is 2.26. The van der Waals surface area contributed by atoms with Crippen molar-refractivity contribution in [3.05, 3.63) is 4.88 Å². The summed E-state index contributed by atoms with van der Waals surface area (Å²) in [7, 11) is 1.32. The van der Waals surface area contributed by atoms with Gasteiger partial charge in [-0.3, -0.25) is 0 Å². The Morgan fingerprint density at radius 1 is 1.45 bits per heavy atom. The number of esters is 1. The Labute approximate surface area is 117 Å². The van der Waals surface area contributed by atoms with Gasteiger partial charge in [-0.15, -0.1) is 11.3 Å². The summed E-state index contributed by atoms with van der Waals surface area (Å²) in [6.07, 6.45) is -5.25. The van der Waals surface area contributed by atoms with E-state index >= 15 is 0 Å². The van der Waals surface area contributed by atoms with E-state index in [1.54, 1.807) is 6.92 Å². The first-order valence-corrected chi connectivity index (χ1v) is 6.55. The smallest absolute Gasteiger partial charge is 0.390 e. The van der Waals surface area contributed by atoms with E-state index in [9.17, 15) is 18.0 Å². The van der Waals surface area contributed by atoms with Gasteiger partial charge >= 0.3 is 12.1 Å². The summed E-state index contributed by atoms with van der Waals surface area (Å²) < 4.78 is 46.1. The molecule has 0 amide bonds. The third-order valence-corrected chi connectivity index (χ3v) is 3.38. The van der Waals surface area contributed by atoms with Crippen LogP contribution in [0.3, 0.4) is 0 Å². The first kappa shape index (κ1) is 16.4. The summed E-state index contributed by atoms with van der Waals surface area (Å²) in [5.74, 6) is -0.475. The van der Waals surface area contributed by atoms with Crippen molar-refractivity contribution in [3.8, 4) is 5.75 Å². The van der Waals surface area contributed by atoms with Crippen LogP contribution in [-0.4, -0.2) is 32.4 Å². The van der Waals surface area contributed by atoms with E-state index in [2.05, 4.69) is 5.32 Å². The molecule has 0 fully saturated rings. The molecule has 3 N–H and O–H groups in total. The van der Waals surface area contributed by atoms with Crippen LogP contribution in [-0.2, 0) is 4.74 Å². The Bertz CT molecular complexity index is 474. The molecule has 1 rings (SSSR count). The zero-order valence-corrected chi connectivity index (χ0v) is 11.8. The van der Waals surface area contributed by atoms with Gasteiger partial charge in [-0.25, -0.2) is 4.79 Å². The average molecular weight is 312 g/mol. The fourth-order valence-electron chi connectivity index (χ4n) is 1.41. The van der Waals surface area contributed by atoms with Gasteiger partial charge in [0, 0.05) is 6.54 Å². The lowest BCUT2D eigenvalue weighted by Crippen LogP contribution is -2.14. The molecule has 114 valence electrons. The Kier molecular flexibility index (Phi) is 5.49. The Hall–Kier alpha value is -1.64. The highest BCUT2D eigenvalue weighted by atomic mass is 32.1. The van der Waals surface area contributed by atoms with E-state index in [1.165, 1.54) is 7.11 Å². The van der Waals surface area contributed by atoms with Crippen molar-refractivity contribution in [1.82, 2.24) is 0 Å². The Morgan fingerprint density at radius 3 is 2.60 bits per heavy atom. The van der Waals surface area contributed by atoms with Crippen LogP contribution in [0.4, 0.5) is 23.9 Å². The van der Waals surface area contributed by atoms with Gasteiger partial charge < -0.3 is 20.5 Å². The summed E-state index contributed by atoms with van der Waals surface area (Å²) in [5.41, 5.74) is 5.79. The lowest BCUT2D eigenvalue weighted by Gasteiger charge is -2.08. The van der Waals surface area contributed by atoms with E-state index in [4.69, 9.17) is 15.2 Å². The van der Waals surface area contributed by atoms with Gasteiger partial charge in [0.1, 0.15) is 15.6 Å². The van der Waals surface area contributed by atoms with Gasteiger partial charge in [-0.1, -0.05) is 0 Å². The number of nitrogens with two attached hydrogens (primary N) is 1. The quantitative estimate of drug-likeness (QED) is 0.790. The molecule has 0 radical (unpaired) electrons. The minimum absolute atomic E-state index is 0.0606. The van der Waals surface area contributed by atoms with E-state index in [0.717, 1.165) is 11.3 Å². The molecule has 0 aliphatic heterocycles. The second-order valence-corrected chi connectivity index (χ2v) is 4.74. The Balaban J connectivity index is 2.85. The van der Waals surface area contributed by atoms with Crippen LogP contribution >= 0.6 is 11.3 Å². The maximum atomic E-state index is 12.1. The number of hydrogen-bond donors (Lipinski definition) is 2. The number of methoxy groups -OCH3 is 1. The predicted octanol–water partition coefficient (Wildman–Crippen LogP) is 2.88. The molecule has 0 atom stereocenters. The molecule has 0 aromatic carbocycles. The molecular weight excluding hydrogens is 297 g/mol. The molecule has 0 unspecified atom stereocenters. The number of thiophene rings is 1. The normalized spacial score (nSPS) is 11.2. The molecule has 1 aromatic heterocycles. The number of nitrogens with one attached hydrogen (secondary N) is 1. The number of carbonyl (C=O) groups is 1. The number of ether oxygens (including phenoxy) is 2. The molecule has 0 saturated carbocycles. The van der Waals surface area contributed by atoms with Crippen LogP contribution in [0.1, 0.15) is 23.0 Å². The Morgan fingerprint density at radius 2 is 2.10 bits per heavy atom. The van der Waals surface area contributed by atoms with E-state index in [-0.39, 0.29) is 34.5 Å². The summed E-state index contributed by atoms with van der Waals surface area (Å²) in [6, 6.07) is 0. The fourth-order valence-corrected chi connectivity index (χ4v) is 2.42. The van der Waals surface area contributed by atoms with Crippen LogP contribution in [0, 0.1) is 0 Å². The molecule has 0 bridgehead atoms. The van der Waals surface area contributed by atoms with Gasteiger partial charge in [0.05, 0.1) is 20.1 Å². The van der Waals surface area contributed by atoms with E-state index in [1.807, 2.05) is 0 Å². The molecule has 1 aromatic rings. The van der Waals surface area contributed by atoms with E-state index < -0.39 is 18.6 Å². The number of nitrogen functional groups attached to an aromatic ring is 1. The second-order valence-electron chi connectivity index (χ2n) is 3.72. The molecule has 9 heteroatoms. The summed E-state index contributed by atoms with van der Waals surface area (Å²) in [4.78, 5) is 11.7. The maximum absolute atomic E-state index is 12.1. The second kappa shape index (κ2) is 6.69. The molecular formula is C11H15F3N2O3S. The van der Waals surface area contributed by atoms with Crippen LogP contribution in [0.15, 0.2) is 0 Å². The van der Waals surface area contributed by atoms with Crippen LogP contribution in [0.5, 0.6) is 5.75 Å². The number of carbonyl (C=O) groups excluding carboxylic acids is 1. The van der Waals surface area contributed by atoms with Gasteiger partial charge in [0.25, 0.3) is 0 Å². The van der Waals surface area contributed by atoms with Crippen LogP contribution in [0.25, 0.3) is 0 Å². The number of rotatable bonds is 6. The van der Waals surface area contributed by atoms with Gasteiger partial charge in [0.15, 0.2) is 5.75 Å². The zero-order chi connectivity index (χ0) is 15.3. The lowest BCUT2D eigenvalue weighted by atomic mass is 10.3. The zero-order valence-electron chi connectivity index (χ0n) is 11.0. The van der Waals surface area contributed by atoms with Crippen molar-refractivity contribution in [2.24, 2.45) is 0 Å². The van der Waals surface area contributed by atoms with E-state index in [0.29, 0.717) is 0 Å². The molecule has 0 aliphatic rings. The molecule has 5 nitrogen and oxygen atoms in total. The summed E-state index contributed by atoms with van der Waals surface area (Å²) in [6.45, 7) is 1.48. The molecule has 0 spiro atoms. The van der Waals surface area contributed by atoms with Crippen molar-refractivity contribution in [3.63, 3.8) is 0 Å². The molecule has 1 heterocycles. The summed E-state index contributed by atoms with van der Waals surface area (Å²) >= 11 is 0.906. The number of halogens is 3. The SMILES string of the molecule is CCOC(=O)c1sc(NCCC(F)(F)F)c(OC)c1N. The first-order chi connectivity index (χ1) is 9.30. The minimum atomic E-state index is -4.26. The highest BCUT2D eigenvalue weighted by molar-refractivity contribution is 7.19. The minimum Gasteiger partial charge on any atom is -0.492 e. The van der Waals surface area contributed by atoms with Gasteiger partial charge in [0.2, 0.25) is 0 Å². The standard InChI is InChI=1S/C11H15F3N2O3S/c1-3-19-10(17)8-6(15)7(18-2)9(20-8)16-5-4-11(12,13)14/h16H,3-5,15H2,1-2H3. The molecule has 0 saturated heterocycles. The van der Waals surface area contributed by atoms with Crippen molar-refractivity contribution >= 4 is 28.0 Å². The fraction of sp³-hybridized carbons (Fsp3) is 0.545. The lowest BCUT2D eigenvalue weighted by molar-refractivity contribution is -0.131. The largest absolute Gasteiger partial charge is 0.492 e. The van der Waals surface area contributed by atoms with Gasteiger partial charge in [-0.05, 0) is 6.92 Å². The maximum Gasteiger partial charge on any atom is 0.390 e. The van der Waals surface area contributed by atoms with Crippen molar-refractivity contribution < 1.29 is 27.4 Å². The molecule has 20 heavy (non-hydrogen) atoms. The highest BCUT2D eigenvalue weighted by Gasteiger charge is 2.27. The first-order valence-electron chi connectivity index (χ1n) is 5.74. The number of hydrogen-bond acceptors (Lipinski definition) is 6.